The zero-order chi connectivity index (χ0) is 18.8. The molecule has 4 aromatic carbocycles. The highest BCUT2D eigenvalue weighted by molar-refractivity contribution is 6.33. The molecule has 2 aliphatic carbocycles. The Morgan fingerprint density at radius 2 is 0.821 bits per heavy atom. The van der Waals surface area contributed by atoms with E-state index in [4.69, 9.17) is 15.7 Å². The molecule has 0 heterocycles. The van der Waals surface area contributed by atoms with Gasteiger partial charge in [-0.3, -0.25) is 0 Å². The van der Waals surface area contributed by atoms with Crippen LogP contribution in [0.5, 0.6) is 0 Å². The highest BCUT2D eigenvalue weighted by atomic mass is 14.4. The molecule has 0 N–H and O–H groups in total. The number of fused-ring (bicyclic) bond motifs is 6. The Morgan fingerprint density at radius 3 is 1.32 bits per heavy atom. The summed E-state index contributed by atoms with van der Waals surface area (Å²) in [6.07, 6.45) is 0. The lowest BCUT2D eigenvalue weighted by Crippen LogP contribution is -2.14. The van der Waals surface area contributed by atoms with Crippen molar-refractivity contribution in [1.82, 2.24) is 0 Å². The van der Waals surface area contributed by atoms with Crippen molar-refractivity contribution in [3.05, 3.63) is 107 Å². The first-order valence-corrected chi connectivity index (χ1v) is 9.70. The summed E-state index contributed by atoms with van der Waals surface area (Å²) < 4.78 is 0. The second-order valence-electron chi connectivity index (χ2n) is 7.82. The van der Waals surface area contributed by atoms with E-state index < -0.39 is 0 Å². The highest BCUT2D eigenvalue weighted by Crippen LogP contribution is 2.57. The lowest BCUT2D eigenvalue weighted by Gasteiger charge is -2.24. The predicted molar refractivity (Wildman–Crippen MR) is 118 cm³/mol. The second kappa shape index (κ2) is 5.75. The maximum atomic E-state index is 6.22. The maximum Gasteiger partial charge on any atom is 0.113 e. The Labute approximate surface area is 168 Å². The molecule has 0 aliphatic heterocycles. The van der Waals surface area contributed by atoms with Crippen molar-refractivity contribution in [1.29, 1.82) is 0 Å². The first kappa shape index (κ1) is 16.0. The summed E-state index contributed by atoms with van der Waals surface area (Å²) in [7, 11) is 12.4. The van der Waals surface area contributed by atoms with Gasteiger partial charge < -0.3 is 0 Å². The van der Waals surface area contributed by atoms with Crippen LogP contribution < -0.4 is 10.9 Å². The Bertz CT molecular complexity index is 1160. The monoisotopic (exact) mass is 350 g/mol. The van der Waals surface area contributed by atoms with Crippen LogP contribution in [0.25, 0.3) is 22.3 Å². The van der Waals surface area contributed by atoms with Crippen molar-refractivity contribution < 1.29 is 0 Å². The van der Waals surface area contributed by atoms with Crippen LogP contribution in [0, 0.1) is 0 Å². The molecule has 4 radical (unpaired) electrons. The van der Waals surface area contributed by atoms with Gasteiger partial charge in [0.25, 0.3) is 0 Å². The fourth-order valence-corrected chi connectivity index (χ4v) is 5.25. The van der Waals surface area contributed by atoms with Crippen LogP contribution in [0.15, 0.2) is 84.9 Å². The largest absolute Gasteiger partial charge is 0.113 e. The smallest absolute Gasteiger partial charge is 0.0963 e. The molecule has 0 unspecified atom stereocenters. The lowest BCUT2D eigenvalue weighted by atomic mass is 9.76. The molecule has 0 fully saturated rings. The molecule has 2 aliphatic rings. The number of hydrogen-bond acceptors (Lipinski definition) is 0. The van der Waals surface area contributed by atoms with E-state index in [0.29, 0.717) is 0 Å². The summed E-state index contributed by atoms with van der Waals surface area (Å²) in [6, 6.07) is 30.2. The van der Waals surface area contributed by atoms with E-state index in [1.165, 1.54) is 44.5 Å². The summed E-state index contributed by atoms with van der Waals surface area (Å²) in [5.41, 5.74) is 12.2. The quantitative estimate of drug-likeness (QED) is 0.452. The molecule has 2 heteroatoms. The molecule has 126 valence electrons. The van der Waals surface area contributed by atoms with Crippen LogP contribution in [0.2, 0.25) is 0 Å². The average Bonchev–Trinajstić information content (AvgIpc) is 3.19. The van der Waals surface area contributed by atoms with E-state index in [1.807, 2.05) is 12.1 Å². The van der Waals surface area contributed by atoms with E-state index >= 15 is 0 Å². The van der Waals surface area contributed by atoms with Gasteiger partial charge in [0.1, 0.15) is 15.7 Å². The number of rotatable bonds is 1. The number of hydrogen-bond donors (Lipinski definition) is 0. The van der Waals surface area contributed by atoms with Gasteiger partial charge in [0, 0.05) is 11.8 Å². The third-order valence-corrected chi connectivity index (χ3v) is 6.33. The predicted octanol–water partition coefficient (Wildman–Crippen LogP) is 4.20. The average molecular weight is 350 g/mol. The minimum Gasteiger partial charge on any atom is -0.0963 e. The summed E-state index contributed by atoms with van der Waals surface area (Å²) in [6.45, 7) is 0. The minimum absolute atomic E-state index is 0.210. The van der Waals surface area contributed by atoms with Crippen molar-refractivity contribution in [2.24, 2.45) is 0 Å². The van der Waals surface area contributed by atoms with Crippen molar-refractivity contribution in [2.45, 2.75) is 11.8 Å². The highest BCUT2D eigenvalue weighted by Gasteiger charge is 2.40. The summed E-state index contributed by atoms with van der Waals surface area (Å²) in [5, 5.41) is 0. The van der Waals surface area contributed by atoms with E-state index in [2.05, 4.69) is 72.8 Å². The van der Waals surface area contributed by atoms with Crippen molar-refractivity contribution >= 4 is 26.6 Å². The summed E-state index contributed by atoms with van der Waals surface area (Å²) >= 11 is 0. The van der Waals surface area contributed by atoms with Gasteiger partial charge in [0.15, 0.2) is 0 Å². The zero-order valence-corrected chi connectivity index (χ0v) is 15.4. The van der Waals surface area contributed by atoms with Crippen LogP contribution in [-0.2, 0) is 0 Å². The minimum atomic E-state index is 0.210. The molecule has 0 spiro atoms. The Hall–Kier alpha value is -2.99. The third-order valence-electron chi connectivity index (χ3n) is 6.33. The van der Waals surface area contributed by atoms with Crippen LogP contribution in [0.4, 0.5) is 0 Å². The van der Waals surface area contributed by atoms with E-state index in [0.717, 1.165) is 10.9 Å². The van der Waals surface area contributed by atoms with Crippen LogP contribution in [0.3, 0.4) is 0 Å². The topological polar surface area (TPSA) is 0 Å². The van der Waals surface area contributed by atoms with E-state index in [-0.39, 0.29) is 11.8 Å². The molecule has 4 aromatic rings. The van der Waals surface area contributed by atoms with Gasteiger partial charge in [-0.2, -0.15) is 0 Å². The van der Waals surface area contributed by atoms with Crippen molar-refractivity contribution in [3.63, 3.8) is 0 Å². The second-order valence-corrected chi connectivity index (χ2v) is 7.82. The van der Waals surface area contributed by atoms with Gasteiger partial charge in [-0.1, -0.05) is 95.9 Å². The summed E-state index contributed by atoms with van der Waals surface area (Å²) in [5.74, 6) is 0.470. The van der Waals surface area contributed by atoms with E-state index in [9.17, 15) is 0 Å². The van der Waals surface area contributed by atoms with Gasteiger partial charge in [-0.05, 0) is 44.5 Å². The van der Waals surface area contributed by atoms with Crippen LogP contribution in [0.1, 0.15) is 34.1 Å². The molecule has 6 rings (SSSR count). The maximum absolute atomic E-state index is 6.22. The van der Waals surface area contributed by atoms with E-state index in [1.54, 1.807) is 0 Å². The standard InChI is InChI=1S/C26H16B2/c27-15-9-11-19-20-12-10-16(28)14-24(20)26(23(19)13-15)25-21-7-3-1-5-17(21)18-6-2-4-8-22(18)25/h1-14,25-26H. The summed E-state index contributed by atoms with van der Waals surface area (Å²) in [4.78, 5) is 0. The molecule has 0 atom stereocenters. The van der Waals surface area contributed by atoms with Gasteiger partial charge in [-0.25, -0.2) is 0 Å². The number of benzene rings is 4. The lowest BCUT2D eigenvalue weighted by molar-refractivity contribution is 0.724. The van der Waals surface area contributed by atoms with Gasteiger partial charge in [0.05, 0.1) is 0 Å². The van der Waals surface area contributed by atoms with Crippen LogP contribution >= 0.6 is 0 Å². The molecule has 28 heavy (non-hydrogen) atoms. The Morgan fingerprint density at radius 1 is 0.429 bits per heavy atom. The van der Waals surface area contributed by atoms with Crippen LogP contribution in [-0.4, -0.2) is 15.7 Å². The molecule has 0 amide bonds. The molecular weight excluding hydrogens is 334 g/mol. The first-order valence-electron chi connectivity index (χ1n) is 9.70. The molecule has 0 saturated heterocycles. The molecule has 0 bridgehead atoms. The van der Waals surface area contributed by atoms with Crippen molar-refractivity contribution in [3.8, 4) is 22.3 Å². The van der Waals surface area contributed by atoms with Gasteiger partial charge in [-0.15, -0.1) is 0 Å². The van der Waals surface area contributed by atoms with Gasteiger partial charge >= 0.3 is 0 Å². The fourth-order valence-electron chi connectivity index (χ4n) is 5.25. The molecule has 0 saturated carbocycles. The zero-order valence-electron chi connectivity index (χ0n) is 15.4. The normalized spacial score (nSPS) is 14.4. The fraction of sp³-hybridized carbons (Fsp3) is 0.0769. The third kappa shape index (κ3) is 2.09. The molecule has 0 nitrogen and oxygen atoms in total. The molecule has 0 aromatic heterocycles. The SMILES string of the molecule is [B]c1ccc2c(c1)C(C1c3ccccc3-c3ccccc31)c1cc([B])ccc1-2. The van der Waals surface area contributed by atoms with Crippen molar-refractivity contribution in [2.75, 3.05) is 0 Å². The first-order chi connectivity index (χ1) is 13.7. The van der Waals surface area contributed by atoms with Gasteiger partial charge in [0.2, 0.25) is 0 Å². The Kier molecular flexibility index (Phi) is 3.29. The molecular formula is C26H16B2. The Balaban J connectivity index is 1.68.